The Hall–Kier alpha value is -1.36. The van der Waals surface area contributed by atoms with Gasteiger partial charge < -0.3 is 9.67 Å². The first-order chi connectivity index (χ1) is 8.52. The second kappa shape index (κ2) is 6.19. The second-order valence-corrected chi connectivity index (χ2v) is 4.10. The maximum absolute atomic E-state index is 11.8. The average molecular weight is 267 g/mol. The summed E-state index contributed by atoms with van der Waals surface area (Å²) in [7, 11) is 1.75. The normalized spacial score (nSPS) is 9.79. The summed E-state index contributed by atoms with van der Waals surface area (Å²) < 4.78 is 1.72. The van der Waals surface area contributed by atoms with Crippen LogP contribution in [0.3, 0.4) is 0 Å². The number of aryl methyl sites for hydroxylation is 1. The Morgan fingerprint density at radius 2 is 1.79 bits per heavy atom. The van der Waals surface area contributed by atoms with Gasteiger partial charge >= 0.3 is 35.5 Å². The SMILES string of the molecule is Cc1cc(=O)c(C(=O)O)c(-c2ccccc2)n1C.[NaH]. The number of benzene rings is 1. The molecule has 0 fully saturated rings. The molecule has 1 aromatic carbocycles. The van der Waals surface area contributed by atoms with Gasteiger partial charge in [0.1, 0.15) is 5.56 Å². The molecular weight excluding hydrogens is 253 g/mol. The molecule has 0 saturated carbocycles. The van der Waals surface area contributed by atoms with Crippen LogP contribution in [0.1, 0.15) is 16.1 Å². The molecule has 0 amide bonds. The fraction of sp³-hybridized carbons (Fsp3) is 0.143. The summed E-state index contributed by atoms with van der Waals surface area (Å²) in [6.45, 7) is 1.78. The molecule has 5 heteroatoms. The molecular formula is C14H14NNaO3. The van der Waals surface area contributed by atoms with E-state index in [9.17, 15) is 14.7 Å². The Morgan fingerprint density at radius 1 is 1.21 bits per heavy atom. The van der Waals surface area contributed by atoms with Crippen LogP contribution >= 0.6 is 0 Å². The van der Waals surface area contributed by atoms with Crippen LogP contribution in [0, 0.1) is 6.92 Å². The Kier molecular flexibility index (Phi) is 5.11. The van der Waals surface area contributed by atoms with Crippen LogP contribution in [0.4, 0.5) is 0 Å². The molecule has 4 nitrogen and oxygen atoms in total. The number of hydrogen-bond acceptors (Lipinski definition) is 2. The van der Waals surface area contributed by atoms with Crippen molar-refractivity contribution in [2.24, 2.45) is 7.05 Å². The zero-order chi connectivity index (χ0) is 13.3. The maximum atomic E-state index is 11.8. The van der Waals surface area contributed by atoms with E-state index in [-0.39, 0.29) is 35.1 Å². The quantitative estimate of drug-likeness (QED) is 0.837. The summed E-state index contributed by atoms with van der Waals surface area (Å²) in [6, 6.07) is 10.4. The van der Waals surface area contributed by atoms with Gasteiger partial charge in [0.25, 0.3) is 0 Å². The summed E-state index contributed by atoms with van der Waals surface area (Å²) >= 11 is 0. The fourth-order valence-corrected chi connectivity index (χ4v) is 1.96. The Morgan fingerprint density at radius 3 is 2.32 bits per heavy atom. The van der Waals surface area contributed by atoms with Crippen molar-refractivity contribution in [3.8, 4) is 11.3 Å². The number of hydrogen-bond donors (Lipinski definition) is 1. The average Bonchev–Trinajstić information content (AvgIpc) is 2.34. The molecule has 0 atom stereocenters. The van der Waals surface area contributed by atoms with Crippen LogP contribution in [0.15, 0.2) is 41.2 Å². The first kappa shape index (κ1) is 15.7. The number of aromatic nitrogens is 1. The van der Waals surface area contributed by atoms with Gasteiger partial charge in [0.05, 0.1) is 5.69 Å². The number of carbonyl (C=O) groups is 1. The number of carboxylic acid groups (broad SMARTS) is 1. The van der Waals surface area contributed by atoms with Crippen LogP contribution in [0.5, 0.6) is 0 Å². The number of pyridine rings is 1. The number of aromatic carboxylic acids is 1. The van der Waals surface area contributed by atoms with E-state index in [1.807, 2.05) is 18.2 Å². The molecule has 0 bridgehead atoms. The van der Waals surface area contributed by atoms with Crippen LogP contribution in [-0.2, 0) is 7.05 Å². The molecule has 1 N–H and O–H groups in total. The van der Waals surface area contributed by atoms with Crippen molar-refractivity contribution in [3.63, 3.8) is 0 Å². The Balaban J connectivity index is 0.00000180. The summed E-state index contributed by atoms with van der Waals surface area (Å²) in [5.41, 5.74) is 1.24. The molecule has 2 rings (SSSR count). The van der Waals surface area contributed by atoms with E-state index < -0.39 is 11.4 Å². The molecule has 0 unspecified atom stereocenters. The fourth-order valence-electron chi connectivity index (χ4n) is 1.96. The molecule has 94 valence electrons. The van der Waals surface area contributed by atoms with Gasteiger partial charge in [-0.2, -0.15) is 0 Å². The van der Waals surface area contributed by atoms with E-state index in [2.05, 4.69) is 0 Å². The summed E-state index contributed by atoms with van der Waals surface area (Å²) in [4.78, 5) is 23.1. The van der Waals surface area contributed by atoms with Crippen molar-refractivity contribution < 1.29 is 9.90 Å². The number of rotatable bonds is 2. The topological polar surface area (TPSA) is 59.3 Å². The van der Waals surface area contributed by atoms with Gasteiger partial charge in [0.15, 0.2) is 5.43 Å². The predicted molar refractivity (Wildman–Crippen MR) is 76.0 cm³/mol. The van der Waals surface area contributed by atoms with Crippen LogP contribution in [0.2, 0.25) is 0 Å². The zero-order valence-corrected chi connectivity index (χ0v) is 10.2. The van der Waals surface area contributed by atoms with Gasteiger partial charge in [-0.05, 0) is 12.5 Å². The van der Waals surface area contributed by atoms with Crippen molar-refractivity contribution in [3.05, 3.63) is 57.9 Å². The molecule has 0 aliphatic carbocycles. The Bertz CT molecular complexity index is 662. The molecule has 0 radical (unpaired) electrons. The van der Waals surface area contributed by atoms with Gasteiger partial charge in [-0.25, -0.2) is 4.79 Å². The second-order valence-electron chi connectivity index (χ2n) is 4.10. The van der Waals surface area contributed by atoms with E-state index in [1.54, 1.807) is 30.7 Å². The van der Waals surface area contributed by atoms with Crippen LogP contribution < -0.4 is 5.43 Å². The third kappa shape index (κ3) is 2.97. The third-order valence-electron chi connectivity index (χ3n) is 2.95. The van der Waals surface area contributed by atoms with E-state index in [1.165, 1.54) is 6.07 Å². The summed E-state index contributed by atoms with van der Waals surface area (Å²) in [5, 5.41) is 9.21. The minimum atomic E-state index is -1.20. The Labute approximate surface area is 133 Å². The predicted octanol–water partition coefficient (Wildman–Crippen LogP) is 1.41. The van der Waals surface area contributed by atoms with Gasteiger partial charge in [-0.15, -0.1) is 0 Å². The molecule has 0 spiro atoms. The van der Waals surface area contributed by atoms with E-state index in [0.29, 0.717) is 5.69 Å². The van der Waals surface area contributed by atoms with Crippen molar-refractivity contribution in [1.82, 2.24) is 4.57 Å². The van der Waals surface area contributed by atoms with Crippen molar-refractivity contribution >= 4 is 35.5 Å². The zero-order valence-electron chi connectivity index (χ0n) is 10.2. The molecule has 0 aliphatic heterocycles. The van der Waals surface area contributed by atoms with E-state index in [4.69, 9.17) is 0 Å². The van der Waals surface area contributed by atoms with E-state index in [0.717, 1.165) is 11.3 Å². The van der Waals surface area contributed by atoms with Gasteiger partial charge in [-0.3, -0.25) is 4.79 Å². The molecule has 19 heavy (non-hydrogen) atoms. The van der Waals surface area contributed by atoms with E-state index >= 15 is 0 Å². The summed E-state index contributed by atoms with van der Waals surface area (Å²) in [5.74, 6) is -1.20. The van der Waals surface area contributed by atoms with Crippen molar-refractivity contribution in [2.75, 3.05) is 0 Å². The van der Waals surface area contributed by atoms with Crippen LogP contribution in [-0.4, -0.2) is 45.2 Å². The van der Waals surface area contributed by atoms with Crippen molar-refractivity contribution in [1.29, 1.82) is 0 Å². The minimum absolute atomic E-state index is 0. The monoisotopic (exact) mass is 267 g/mol. The first-order valence-corrected chi connectivity index (χ1v) is 5.51. The summed E-state index contributed by atoms with van der Waals surface area (Å²) in [6.07, 6.45) is 0. The molecule has 0 aliphatic rings. The molecule has 0 saturated heterocycles. The molecule has 1 heterocycles. The molecule has 2 aromatic rings. The standard InChI is InChI=1S/C14H13NO3.Na.H/c1-9-8-11(16)12(14(17)18)13(15(9)2)10-6-4-3-5-7-10;;/h3-8H,1-2H3,(H,17,18);;. The van der Waals surface area contributed by atoms with Gasteiger partial charge in [0, 0.05) is 18.8 Å². The first-order valence-electron chi connectivity index (χ1n) is 5.51. The molecule has 1 aromatic heterocycles. The van der Waals surface area contributed by atoms with Gasteiger partial charge in [0.2, 0.25) is 0 Å². The number of nitrogens with zero attached hydrogens (tertiary/aromatic N) is 1. The van der Waals surface area contributed by atoms with Crippen LogP contribution in [0.25, 0.3) is 11.3 Å². The third-order valence-corrected chi connectivity index (χ3v) is 2.95. The van der Waals surface area contributed by atoms with Crippen molar-refractivity contribution in [2.45, 2.75) is 6.92 Å². The van der Waals surface area contributed by atoms with Gasteiger partial charge in [-0.1, -0.05) is 30.3 Å². The number of carboxylic acids is 1.